The summed E-state index contributed by atoms with van der Waals surface area (Å²) < 4.78 is 0. The van der Waals surface area contributed by atoms with Gasteiger partial charge in [0.2, 0.25) is 5.91 Å². The second kappa shape index (κ2) is 9.44. The van der Waals surface area contributed by atoms with E-state index in [1.54, 1.807) is 0 Å². The highest BCUT2D eigenvalue weighted by molar-refractivity contribution is 5.77. The van der Waals surface area contributed by atoms with Gasteiger partial charge in [-0.15, -0.1) is 0 Å². The van der Waals surface area contributed by atoms with Gasteiger partial charge in [0.05, 0.1) is 19.0 Å². The zero-order valence-electron chi connectivity index (χ0n) is 9.20. The van der Waals surface area contributed by atoms with Gasteiger partial charge in [0.1, 0.15) is 0 Å². The van der Waals surface area contributed by atoms with Crippen molar-refractivity contribution in [3.8, 4) is 6.07 Å². The third-order valence-electron chi connectivity index (χ3n) is 2.01. The van der Waals surface area contributed by atoms with Gasteiger partial charge >= 0.3 is 0 Å². The predicted octanol–water partition coefficient (Wildman–Crippen LogP) is -0.279. The summed E-state index contributed by atoms with van der Waals surface area (Å²) in [4.78, 5) is 13.3. The number of rotatable bonds is 8. The average Bonchev–Trinajstić information content (AvgIpc) is 2.24. The van der Waals surface area contributed by atoms with Crippen LogP contribution in [0.15, 0.2) is 0 Å². The molecule has 0 unspecified atom stereocenters. The molecule has 0 atom stereocenters. The maximum atomic E-state index is 11.3. The predicted molar refractivity (Wildman–Crippen MR) is 57.1 cm³/mol. The molecule has 0 saturated carbocycles. The number of carbonyl (C=O) groups is 1. The fourth-order valence-corrected chi connectivity index (χ4v) is 1.16. The summed E-state index contributed by atoms with van der Waals surface area (Å²) in [6.45, 7) is 4.37. The van der Waals surface area contributed by atoms with Crippen molar-refractivity contribution in [1.29, 1.82) is 5.26 Å². The summed E-state index contributed by atoms with van der Waals surface area (Å²) in [5.74, 6) is -0.0648. The Balaban J connectivity index is 3.66. The van der Waals surface area contributed by atoms with Crippen LogP contribution in [0.4, 0.5) is 0 Å². The second-order valence-electron chi connectivity index (χ2n) is 3.20. The molecule has 0 spiro atoms. The molecular weight excluding hydrogens is 194 g/mol. The Morgan fingerprint density at radius 3 is 2.87 bits per heavy atom. The van der Waals surface area contributed by atoms with Crippen LogP contribution in [0, 0.1) is 11.3 Å². The smallest absolute Gasteiger partial charge is 0.234 e. The van der Waals surface area contributed by atoms with Gasteiger partial charge in [-0.3, -0.25) is 9.69 Å². The molecule has 0 aliphatic heterocycles. The first-order chi connectivity index (χ1) is 7.24. The quantitative estimate of drug-likeness (QED) is 0.544. The minimum Gasteiger partial charge on any atom is -0.396 e. The molecule has 15 heavy (non-hydrogen) atoms. The summed E-state index contributed by atoms with van der Waals surface area (Å²) in [5.41, 5.74) is 0. The molecule has 86 valence electrons. The molecule has 2 N–H and O–H groups in total. The fraction of sp³-hybridized carbons (Fsp3) is 0.800. The number of likely N-dealkylation sites (N-methyl/N-ethyl adjacent to an activating group) is 1. The number of aliphatic hydroxyl groups is 1. The number of nitrogens with zero attached hydrogens (tertiary/aromatic N) is 2. The van der Waals surface area contributed by atoms with Gasteiger partial charge in [0.15, 0.2) is 0 Å². The summed E-state index contributed by atoms with van der Waals surface area (Å²) in [6, 6.07) is 1.96. The summed E-state index contributed by atoms with van der Waals surface area (Å²) in [6.07, 6.45) is 1.02. The maximum Gasteiger partial charge on any atom is 0.234 e. The van der Waals surface area contributed by atoms with Gasteiger partial charge in [-0.1, -0.05) is 6.92 Å². The molecule has 0 rings (SSSR count). The summed E-state index contributed by atoms with van der Waals surface area (Å²) >= 11 is 0. The van der Waals surface area contributed by atoms with Crippen LogP contribution in [0.3, 0.4) is 0 Å². The molecule has 0 saturated heterocycles. The van der Waals surface area contributed by atoms with Crippen LogP contribution in [-0.4, -0.2) is 48.7 Å². The van der Waals surface area contributed by atoms with Gasteiger partial charge in [-0.05, 0) is 13.0 Å². The lowest BCUT2D eigenvalue weighted by Gasteiger charge is -2.18. The zero-order chi connectivity index (χ0) is 11.5. The molecule has 0 aliphatic rings. The van der Waals surface area contributed by atoms with Crippen molar-refractivity contribution >= 4 is 5.91 Å². The van der Waals surface area contributed by atoms with Crippen molar-refractivity contribution in [2.24, 2.45) is 0 Å². The van der Waals surface area contributed by atoms with Crippen molar-refractivity contribution in [2.45, 2.75) is 19.8 Å². The van der Waals surface area contributed by atoms with Crippen molar-refractivity contribution in [1.82, 2.24) is 10.2 Å². The number of hydrogen-bond donors (Lipinski definition) is 2. The van der Waals surface area contributed by atoms with Crippen molar-refractivity contribution in [3.63, 3.8) is 0 Å². The van der Waals surface area contributed by atoms with Gasteiger partial charge in [0.25, 0.3) is 0 Å². The van der Waals surface area contributed by atoms with E-state index in [9.17, 15) is 4.79 Å². The van der Waals surface area contributed by atoms with E-state index in [0.717, 1.165) is 13.1 Å². The Morgan fingerprint density at radius 2 is 2.33 bits per heavy atom. The van der Waals surface area contributed by atoms with Crippen LogP contribution in [-0.2, 0) is 4.79 Å². The molecule has 0 heterocycles. The van der Waals surface area contributed by atoms with Crippen molar-refractivity contribution < 1.29 is 9.90 Å². The van der Waals surface area contributed by atoms with E-state index < -0.39 is 0 Å². The number of carbonyl (C=O) groups excluding carboxylic acids is 1. The van der Waals surface area contributed by atoms with Gasteiger partial charge in [0, 0.05) is 19.7 Å². The molecular formula is C10H19N3O2. The molecule has 1 amide bonds. The Morgan fingerprint density at radius 1 is 1.60 bits per heavy atom. The number of aliphatic hydroxyl groups excluding tert-OH is 1. The highest BCUT2D eigenvalue weighted by Crippen LogP contribution is 1.90. The lowest BCUT2D eigenvalue weighted by Crippen LogP contribution is -2.38. The van der Waals surface area contributed by atoms with Gasteiger partial charge in [-0.25, -0.2) is 0 Å². The number of nitrogens with one attached hydrogen (secondary N) is 1. The number of nitriles is 1. The molecule has 5 heteroatoms. The van der Waals surface area contributed by atoms with Crippen LogP contribution in [0.2, 0.25) is 0 Å². The molecule has 0 aromatic heterocycles. The van der Waals surface area contributed by atoms with Crippen molar-refractivity contribution in [2.75, 3.05) is 32.8 Å². The minimum atomic E-state index is -0.0648. The third kappa shape index (κ3) is 7.91. The first kappa shape index (κ1) is 13.9. The molecule has 5 nitrogen and oxygen atoms in total. The lowest BCUT2D eigenvalue weighted by atomic mass is 10.3. The highest BCUT2D eigenvalue weighted by atomic mass is 16.3. The van der Waals surface area contributed by atoms with E-state index in [1.807, 2.05) is 17.9 Å². The number of hydrogen-bond acceptors (Lipinski definition) is 4. The van der Waals surface area contributed by atoms with E-state index in [-0.39, 0.29) is 12.5 Å². The minimum absolute atomic E-state index is 0.0648. The monoisotopic (exact) mass is 213 g/mol. The third-order valence-corrected chi connectivity index (χ3v) is 2.01. The van der Waals surface area contributed by atoms with E-state index >= 15 is 0 Å². The number of amides is 1. The van der Waals surface area contributed by atoms with Crippen LogP contribution in [0.5, 0.6) is 0 Å². The van der Waals surface area contributed by atoms with Crippen LogP contribution in [0.1, 0.15) is 19.8 Å². The van der Waals surface area contributed by atoms with E-state index in [1.165, 1.54) is 0 Å². The first-order valence-corrected chi connectivity index (χ1v) is 5.21. The topological polar surface area (TPSA) is 76.4 Å². The van der Waals surface area contributed by atoms with Gasteiger partial charge < -0.3 is 10.4 Å². The maximum absolute atomic E-state index is 11.3. The molecule has 0 aromatic rings. The van der Waals surface area contributed by atoms with Crippen LogP contribution in [0.25, 0.3) is 0 Å². The normalized spacial score (nSPS) is 10.0. The molecule has 0 aliphatic carbocycles. The summed E-state index contributed by atoms with van der Waals surface area (Å²) in [7, 11) is 0. The lowest BCUT2D eigenvalue weighted by molar-refractivity contribution is -0.122. The van der Waals surface area contributed by atoms with Gasteiger partial charge in [-0.2, -0.15) is 5.26 Å². The Bertz CT molecular complexity index is 213. The Kier molecular flexibility index (Phi) is 8.73. The second-order valence-corrected chi connectivity index (χ2v) is 3.20. The van der Waals surface area contributed by atoms with E-state index in [2.05, 4.69) is 5.32 Å². The first-order valence-electron chi connectivity index (χ1n) is 5.21. The van der Waals surface area contributed by atoms with E-state index in [4.69, 9.17) is 10.4 Å². The van der Waals surface area contributed by atoms with E-state index in [0.29, 0.717) is 25.9 Å². The molecule has 0 aromatic carbocycles. The molecule has 0 radical (unpaired) electrons. The van der Waals surface area contributed by atoms with Crippen LogP contribution >= 0.6 is 0 Å². The fourth-order valence-electron chi connectivity index (χ4n) is 1.16. The van der Waals surface area contributed by atoms with Crippen molar-refractivity contribution in [3.05, 3.63) is 0 Å². The Hall–Kier alpha value is -1.12. The standard InChI is InChI=1S/C10H19N3O2/c1-2-13(7-4-8-14)9-10(15)12-6-3-5-11/h14H,2-4,6-9H2,1H3,(H,12,15). The zero-order valence-corrected chi connectivity index (χ0v) is 9.20. The average molecular weight is 213 g/mol. The SMILES string of the molecule is CCN(CCCO)CC(=O)NCCC#N. The van der Waals surface area contributed by atoms with Crippen LogP contribution < -0.4 is 5.32 Å². The largest absolute Gasteiger partial charge is 0.396 e. The Labute approximate surface area is 90.7 Å². The highest BCUT2D eigenvalue weighted by Gasteiger charge is 2.07. The molecule has 0 bridgehead atoms. The molecule has 0 fully saturated rings. The summed E-state index contributed by atoms with van der Waals surface area (Å²) in [5, 5.41) is 19.6.